The van der Waals surface area contributed by atoms with Gasteiger partial charge in [-0.15, -0.1) is 0 Å². The molecule has 6 heteroatoms. The van der Waals surface area contributed by atoms with Gasteiger partial charge in [0.2, 0.25) is 0 Å². The molecule has 0 radical (unpaired) electrons. The highest BCUT2D eigenvalue weighted by Gasteiger charge is 2.22. The van der Waals surface area contributed by atoms with Gasteiger partial charge in [0.15, 0.2) is 17.3 Å². The minimum absolute atomic E-state index is 0.125. The maximum Gasteiger partial charge on any atom is 0.199 e. The molecule has 0 amide bonds. The number of benzene rings is 2. The van der Waals surface area contributed by atoms with E-state index in [1.54, 1.807) is 0 Å². The Kier molecular flexibility index (Phi) is 4.70. The van der Waals surface area contributed by atoms with E-state index in [4.69, 9.17) is 32.7 Å². The standard InChI is InChI=1S/C15H11Cl2FO3/c1-20-11-7-6-9(15(21-2)12(11)17)14(19)8-4-3-5-10(16)13(8)18/h3-7H,1-2H3. The minimum Gasteiger partial charge on any atom is -0.495 e. The van der Waals surface area contributed by atoms with Gasteiger partial charge >= 0.3 is 0 Å². The third-order valence-electron chi connectivity index (χ3n) is 2.93. The van der Waals surface area contributed by atoms with E-state index in [2.05, 4.69) is 0 Å². The van der Waals surface area contributed by atoms with Crippen molar-refractivity contribution in [1.82, 2.24) is 0 Å². The van der Waals surface area contributed by atoms with Crippen molar-refractivity contribution in [2.75, 3.05) is 14.2 Å². The fourth-order valence-electron chi connectivity index (χ4n) is 1.90. The molecular formula is C15H11Cl2FO3. The van der Waals surface area contributed by atoms with Gasteiger partial charge in [-0.1, -0.05) is 29.3 Å². The van der Waals surface area contributed by atoms with Crippen molar-refractivity contribution in [2.45, 2.75) is 0 Å². The lowest BCUT2D eigenvalue weighted by Crippen LogP contribution is -2.07. The average Bonchev–Trinajstić information content (AvgIpc) is 2.49. The van der Waals surface area contributed by atoms with Gasteiger partial charge in [-0.05, 0) is 24.3 Å². The van der Waals surface area contributed by atoms with E-state index in [1.807, 2.05) is 0 Å². The third kappa shape index (κ3) is 2.82. The normalized spacial score (nSPS) is 10.3. The molecule has 0 bridgehead atoms. The molecule has 0 aliphatic rings. The molecule has 0 atom stereocenters. The number of ether oxygens (including phenoxy) is 2. The molecule has 2 aromatic carbocycles. The fourth-order valence-corrected chi connectivity index (χ4v) is 2.39. The summed E-state index contributed by atoms with van der Waals surface area (Å²) in [5, 5.41) is 0.0210. The molecule has 2 rings (SSSR count). The number of methoxy groups -OCH3 is 2. The van der Waals surface area contributed by atoms with Crippen LogP contribution < -0.4 is 9.47 Å². The van der Waals surface area contributed by atoms with Crippen LogP contribution in [0.5, 0.6) is 11.5 Å². The summed E-state index contributed by atoms with van der Waals surface area (Å²) in [5.74, 6) is -0.869. The van der Waals surface area contributed by atoms with Crippen LogP contribution in [0, 0.1) is 5.82 Å². The lowest BCUT2D eigenvalue weighted by atomic mass is 10.0. The first-order valence-corrected chi connectivity index (χ1v) is 6.66. The number of rotatable bonds is 4. The monoisotopic (exact) mass is 328 g/mol. The van der Waals surface area contributed by atoms with Gasteiger partial charge in [-0.2, -0.15) is 0 Å². The van der Waals surface area contributed by atoms with Gasteiger partial charge in [0.05, 0.1) is 30.4 Å². The first kappa shape index (κ1) is 15.6. The number of carbonyl (C=O) groups excluding carboxylic acids is 1. The van der Waals surface area contributed by atoms with Crippen molar-refractivity contribution in [3.05, 3.63) is 57.3 Å². The van der Waals surface area contributed by atoms with Crippen LogP contribution in [0.1, 0.15) is 15.9 Å². The van der Waals surface area contributed by atoms with E-state index >= 15 is 0 Å². The zero-order valence-electron chi connectivity index (χ0n) is 11.2. The van der Waals surface area contributed by atoms with Crippen LogP contribution >= 0.6 is 23.2 Å². The van der Waals surface area contributed by atoms with Crippen LogP contribution in [-0.4, -0.2) is 20.0 Å². The van der Waals surface area contributed by atoms with E-state index in [-0.39, 0.29) is 26.9 Å². The molecule has 0 N–H and O–H groups in total. The quantitative estimate of drug-likeness (QED) is 0.781. The lowest BCUT2D eigenvalue weighted by molar-refractivity contribution is 0.103. The Labute approximate surface area is 131 Å². The molecular weight excluding hydrogens is 318 g/mol. The molecule has 21 heavy (non-hydrogen) atoms. The molecule has 0 aliphatic heterocycles. The fraction of sp³-hybridized carbons (Fsp3) is 0.133. The van der Waals surface area contributed by atoms with Crippen LogP contribution in [-0.2, 0) is 0 Å². The zero-order valence-corrected chi connectivity index (χ0v) is 12.8. The first-order chi connectivity index (χ1) is 10.0. The molecule has 0 saturated carbocycles. The van der Waals surface area contributed by atoms with Gasteiger partial charge in [0.1, 0.15) is 10.8 Å². The van der Waals surface area contributed by atoms with Gasteiger partial charge in [0, 0.05) is 0 Å². The number of hydrogen-bond acceptors (Lipinski definition) is 3. The topological polar surface area (TPSA) is 35.5 Å². The Morgan fingerprint density at radius 2 is 1.76 bits per heavy atom. The van der Waals surface area contributed by atoms with Gasteiger partial charge in [0.25, 0.3) is 0 Å². The Morgan fingerprint density at radius 1 is 1.05 bits per heavy atom. The molecule has 0 fully saturated rings. The summed E-state index contributed by atoms with van der Waals surface area (Å²) in [7, 11) is 2.81. The number of ketones is 1. The van der Waals surface area contributed by atoms with E-state index in [0.717, 1.165) is 0 Å². The molecule has 0 saturated heterocycles. The molecule has 0 heterocycles. The summed E-state index contributed by atoms with van der Waals surface area (Å²) in [6.07, 6.45) is 0. The Morgan fingerprint density at radius 3 is 2.38 bits per heavy atom. The average molecular weight is 329 g/mol. The molecule has 3 nitrogen and oxygen atoms in total. The summed E-state index contributed by atoms with van der Waals surface area (Å²) < 4.78 is 24.2. The van der Waals surface area contributed by atoms with E-state index in [9.17, 15) is 9.18 Å². The predicted octanol–water partition coefficient (Wildman–Crippen LogP) is 4.38. The van der Waals surface area contributed by atoms with Crippen molar-refractivity contribution in [1.29, 1.82) is 0 Å². The van der Waals surface area contributed by atoms with Crippen molar-refractivity contribution >= 4 is 29.0 Å². The first-order valence-electron chi connectivity index (χ1n) is 5.90. The summed E-state index contributed by atoms with van der Waals surface area (Å²) in [5.41, 5.74) is -0.0218. The van der Waals surface area contributed by atoms with Gasteiger partial charge in [-0.25, -0.2) is 4.39 Å². The Bertz CT molecular complexity index is 702. The largest absolute Gasteiger partial charge is 0.495 e. The van der Waals surface area contributed by atoms with E-state index < -0.39 is 11.6 Å². The number of hydrogen-bond donors (Lipinski definition) is 0. The van der Waals surface area contributed by atoms with Crippen LogP contribution in [0.2, 0.25) is 10.0 Å². The Hall–Kier alpha value is -1.78. The van der Waals surface area contributed by atoms with Crippen LogP contribution in [0.3, 0.4) is 0 Å². The van der Waals surface area contributed by atoms with Crippen molar-refractivity contribution in [3.8, 4) is 11.5 Å². The van der Waals surface area contributed by atoms with Crippen LogP contribution in [0.15, 0.2) is 30.3 Å². The van der Waals surface area contributed by atoms with Gasteiger partial charge < -0.3 is 9.47 Å². The SMILES string of the molecule is COc1ccc(C(=O)c2cccc(Cl)c2F)c(OC)c1Cl. The maximum atomic E-state index is 14.0. The van der Waals surface area contributed by atoms with E-state index in [1.165, 1.54) is 44.6 Å². The third-order valence-corrected chi connectivity index (χ3v) is 3.58. The second-order valence-electron chi connectivity index (χ2n) is 4.09. The maximum absolute atomic E-state index is 14.0. The molecule has 110 valence electrons. The minimum atomic E-state index is -0.779. The molecule has 0 aromatic heterocycles. The molecule has 0 unspecified atom stereocenters. The number of carbonyl (C=O) groups is 1. The van der Waals surface area contributed by atoms with Crippen LogP contribution in [0.4, 0.5) is 4.39 Å². The summed E-state index contributed by atoms with van der Waals surface area (Å²) in [4.78, 5) is 12.5. The molecule has 2 aromatic rings. The highest BCUT2D eigenvalue weighted by atomic mass is 35.5. The van der Waals surface area contributed by atoms with Crippen molar-refractivity contribution < 1.29 is 18.7 Å². The summed E-state index contributed by atoms with van der Waals surface area (Å²) >= 11 is 11.8. The summed E-state index contributed by atoms with van der Waals surface area (Å²) in [6, 6.07) is 7.19. The van der Waals surface area contributed by atoms with E-state index in [0.29, 0.717) is 5.75 Å². The smallest absolute Gasteiger partial charge is 0.199 e. The second-order valence-corrected chi connectivity index (χ2v) is 4.88. The summed E-state index contributed by atoms with van der Waals surface area (Å²) in [6.45, 7) is 0. The second kappa shape index (κ2) is 6.33. The lowest BCUT2D eigenvalue weighted by Gasteiger charge is -2.13. The molecule has 0 aliphatic carbocycles. The van der Waals surface area contributed by atoms with Gasteiger partial charge in [-0.3, -0.25) is 4.79 Å². The van der Waals surface area contributed by atoms with Crippen molar-refractivity contribution in [2.24, 2.45) is 0 Å². The zero-order chi connectivity index (χ0) is 15.6. The Balaban J connectivity index is 2.59. The molecule has 0 spiro atoms. The predicted molar refractivity (Wildman–Crippen MR) is 79.4 cm³/mol. The highest BCUT2D eigenvalue weighted by Crippen LogP contribution is 2.38. The highest BCUT2D eigenvalue weighted by molar-refractivity contribution is 6.34. The van der Waals surface area contributed by atoms with Crippen molar-refractivity contribution in [3.63, 3.8) is 0 Å². The number of halogens is 3. The van der Waals surface area contributed by atoms with Crippen LogP contribution in [0.25, 0.3) is 0 Å².